The monoisotopic (exact) mass is 393 g/mol. The van der Waals surface area contributed by atoms with Gasteiger partial charge >= 0.3 is 6.03 Å². The van der Waals surface area contributed by atoms with Gasteiger partial charge in [0.05, 0.1) is 10.7 Å². The third-order valence-electron chi connectivity index (χ3n) is 5.54. The Labute approximate surface area is 160 Å². The van der Waals surface area contributed by atoms with E-state index in [0.717, 1.165) is 25.7 Å². The number of nitrogens with one attached hydrogen (secondary N) is 1. The Balaban J connectivity index is 1.57. The summed E-state index contributed by atoms with van der Waals surface area (Å²) in [7, 11) is 0. The van der Waals surface area contributed by atoms with Crippen LogP contribution in [0.4, 0.5) is 10.5 Å². The first-order valence-electron chi connectivity index (χ1n) is 8.61. The number of fused-ring (bicyclic) bond motifs is 2. The molecule has 6 nitrogen and oxygen atoms in total. The highest BCUT2D eigenvalue weighted by Crippen LogP contribution is 2.47. The van der Waals surface area contributed by atoms with Crippen LogP contribution < -0.4 is 5.32 Å². The number of carbonyl (C=O) groups is 3. The number of rotatable bonds is 3. The first-order chi connectivity index (χ1) is 12.4. The zero-order chi connectivity index (χ0) is 18.4. The number of aliphatic imine (C=N–C) groups is 1. The molecular weight excluding hydrogens is 377 g/mol. The summed E-state index contributed by atoms with van der Waals surface area (Å²) in [6.45, 7) is 0. The average molecular weight is 394 g/mol. The van der Waals surface area contributed by atoms with Gasteiger partial charge in [-0.15, -0.1) is 0 Å². The van der Waals surface area contributed by atoms with Crippen molar-refractivity contribution in [2.45, 2.75) is 31.7 Å². The number of hydrogen-bond acceptors (Lipinski definition) is 4. The van der Waals surface area contributed by atoms with E-state index in [2.05, 4.69) is 10.3 Å². The molecule has 2 aliphatic carbocycles. The fourth-order valence-corrected chi connectivity index (χ4v) is 4.78. The van der Waals surface area contributed by atoms with Gasteiger partial charge in [0.1, 0.15) is 0 Å². The van der Waals surface area contributed by atoms with Gasteiger partial charge in [0.2, 0.25) is 11.8 Å². The summed E-state index contributed by atoms with van der Waals surface area (Å²) >= 11 is 11.9. The van der Waals surface area contributed by atoms with Crippen LogP contribution in [0.25, 0.3) is 0 Å². The number of urea groups is 1. The van der Waals surface area contributed by atoms with Crippen molar-refractivity contribution in [3.05, 3.63) is 28.2 Å². The van der Waals surface area contributed by atoms with Crippen LogP contribution in [0.3, 0.4) is 0 Å². The lowest BCUT2D eigenvalue weighted by molar-refractivity contribution is -0.141. The lowest BCUT2D eigenvalue weighted by Crippen LogP contribution is -2.62. The lowest BCUT2D eigenvalue weighted by atomic mass is 9.92. The number of barbiturate groups is 1. The molecule has 1 aromatic rings. The lowest BCUT2D eigenvalue weighted by Gasteiger charge is -2.36. The number of nitrogens with zero attached hydrogens (tertiary/aromatic N) is 2. The van der Waals surface area contributed by atoms with E-state index >= 15 is 0 Å². The van der Waals surface area contributed by atoms with E-state index in [1.54, 1.807) is 12.1 Å². The molecule has 0 spiro atoms. The van der Waals surface area contributed by atoms with E-state index in [1.807, 2.05) is 0 Å². The van der Waals surface area contributed by atoms with Crippen LogP contribution in [0.5, 0.6) is 0 Å². The number of benzene rings is 1. The average Bonchev–Trinajstić information content (AvgIpc) is 3.19. The standard InChI is InChI=1S/C18H17Cl2N3O3/c19-11-3-4-14(13(20)7-11)21-8-12-16(24)22-18(26)23(17(12)25)15-6-9-1-2-10(15)5-9/h3-4,7-10,12,15H,1-2,5-6H2,(H,22,24,26)/t9-,10-,12+,15-/m0/s1. The van der Waals surface area contributed by atoms with Crippen molar-refractivity contribution in [1.82, 2.24) is 10.2 Å². The van der Waals surface area contributed by atoms with Crippen molar-refractivity contribution in [3.8, 4) is 0 Å². The third kappa shape index (κ3) is 3.01. The van der Waals surface area contributed by atoms with E-state index in [-0.39, 0.29) is 6.04 Å². The second-order valence-corrected chi connectivity index (χ2v) is 7.94. The van der Waals surface area contributed by atoms with Crippen LogP contribution in [0.2, 0.25) is 10.0 Å². The van der Waals surface area contributed by atoms with Gasteiger partial charge in [0.25, 0.3) is 0 Å². The molecule has 3 aliphatic rings. The minimum Gasteiger partial charge on any atom is -0.277 e. The van der Waals surface area contributed by atoms with Crippen LogP contribution in [-0.4, -0.2) is 35.0 Å². The molecule has 1 heterocycles. The molecule has 4 rings (SSSR count). The number of carbonyl (C=O) groups excluding carboxylic acids is 3. The fraction of sp³-hybridized carbons (Fsp3) is 0.444. The topological polar surface area (TPSA) is 78.8 Å². The number of halogens is 2. The van der Waals surface area contributed by atoms with Crippen LogP contribution in [0, 0.1) is 17.8 Å². The number of imide groups is 2. The predicted molar refractivity (Wildman–Crippen MR) is 97.7 cm³/mol. The van der Waals surface area contributed by atoms with Crippen molar-refractivity contribution in [3.63, 3.8) is 0 Å². The normalized spacial score (nSPS) is 31.2. The molecule has 1 aromatic carbocycles. The maximum atomic E-state index is 12.9. The van der Waals surface area contributed by atoms with Gasteiger partial charge in [-0.1, -0.05) is 29.6 Å². The predicted octanol–water partition coefficient (Wildman–Crippen LogP) is 3.58. The third-order valence-corrected chi connectivity index (χ3v) is 6.08. The molecule has 3 fully saturated rings. The molecule has 2 bridgehead atoms. The summed E-state index contributed by atoms with van der Waals surface area (Å²) in [5.74, 6) is -1.40. The summed E-state index contributed by atoms with van der Waals surface area (Å²) in [5, 5.41) is 3.07. The zero-order valence-electron chi connectivity index (χ0n) is 13.8. The van der Waals surface area contributed by atoms with E-state index in [0.29, 0.717) is 27.6 Å². The van der Waals surface area contributed by atoms with Crippen LogP contribution in [0.1, 0.15) is 25.7 Å². The summed E-state index contributed by atoms with van der Waals surface area (Å²) in [6.07, 6.45) is 5.31. The molecule has 4 atom stereocenters. The van der Waals surface area contributed by atoms with Gasteiger partial charge in [0.15, 0.2) is 5.92 Å². The summed E-state index contributed by atoms with van der Waals surface area (Å²) in [5.41, 5.74) is 0.403. The Morgan fingerprint density at radius 3 is 2.62 bits per heavy atom. The Morgan fingerprint density at radius 2 is 1.96 bits per heavy atom. The maximum Gasteiger partial charge on any atom is 0.331 e. The molecule has 1 N–H and O–H groups in total. The molecule has 8 heteroatoms. The van der Waals surface area contributed by atoms with Crippen molar-refractivity contribution in [2.24, 2.45) is 22.7 Å². The molecule has 0 radical (unpaired) electrons. The first kappa shape index (κ1) is 17.5. The molecule has 136 valence electrons. The molecule has 0 unspecified atom stereocenters. The quantitative estimate of drug-likeness (QED) is 0.629. The van der Waals surface area contributed by atoms with Gasteiger partial charge < -0.3 is 0 Å². The van der Waals surface area contributed by atoms with Crippen LogP contribution in [-0.2, 0) is 9.59 Å². The Hall–Kier alpha value is -1.92. The second-order valence-electron chi connectivity index (χ2n) is 7.10. The highest BCUT2D eigenvalue weighted by Gasteiger charge is 2.50. The van der Waals surface area contributed by atoms with Gasteiger partial charge in [-0.3, -0.25) is 24.8 Å². The summed E-state index contributed by atoms with van der Waals surface area (Å²) in [4.78, 5) is 42.7. The molecule has 0 aromatic heterocycles. The van der Waals surface area contributed by atoms with E-state index in [1.165, 1.54) is 17.2 Å². The largest absolute Gasteiger partial charge is 0.331 e. The van der Waals surface area contributed by atoms with Crippen LogP contribution >= 0.6 is 23.2 Å². The molecule has 2 saturated carbocycles. The zero-order valence-corrected chi connectivity index (χ0v) is 15.3. The second kappa shape index (κ2) is 6.67. The number of hydrogen-bond donors (Lipinski definition) is 1. The van der Waals surface area contributed by atoms with Crippen molar-refractivity contribution in [1.29, 1.82) is 0 Å². The smallest absolute Gasteiger partial charge is 0.277 e. The number of amides is 4. The molecule has 4 amide bonds. The summed E-state index contributed by atoms with van der Waals surface area (Å²) < 4.78 is 0. The first-order valence-corrected chi connectivity index (χ1v) is 9.37. The minimum atomic E-state index is -1.14. The highest BCUT2D eigenvalue weighted by molar-refractivity contribution is 6.36. The van der Waals surface area contributed by atoms with E-state index in [9.17, 15) is 14.4 Å². The Kier molecular flexibility index (Phi) is 4.49. The van der Waals surface area contributed by atoms with E-state index < -0.39 is 23.8 Å². The van der Waals surface area contributed by atoms with Crippen molar-refractivity contribution < 1.29 is 14.4 Å². The van der Waals surface area contributed by atoms with Gasteiger partial charge in [-0.05, 0) is 49.3 Å². The SMILES string of the molecule is O=C1NC(=O)N([C@H]2C[C@H]3CC[C@H]2C3)C(=O)[C@@H]1C=Nc1ccc(Cl)cc1Cl. The van der Waals surface area contributed by atoms with Crippen LogP contribution in [0.15, 0.2) is 23.2 Å². The maximum absolute atomic E-state index is 12.9. The molecule has 1 aliphatic heterocycles. The molecule has 26 heavy (non-hydrogen) atoms. The highest BCUT2D eigenvalue weighted by atomic mass is 35.5. The molecular formula is C18H17Cl2N3O3. The van der Waals surface area contributed by atoms with Gasteiger partial charge in [0, 0.05) is 17.3 Å². The van der Waals surface area contributed by atoms with Crippen molar-refractivity contribution >= 4 is 52.9 Å². The molecule has 1 saturated heterocycles. The Morgan fingerprint density at radius 1 is 1.15 bits per heavy atom. The minimum absolute atomic E-state index is 0.121. The van der Waals surface area contributed by atoms with Gasteiger partial charge in [-0.25, -0.2) is 4.79 Å². The van der Waals surface area contributed by atoms with E-state index in [4.69, 9.17) is 23.2 Å². The summed E-state index contributed by atoms with van der Waals surface area (Å²) in [6, 6.07) is 4.01. The van der Waals surface area contributed by atoms with Gasteiger partial charge in [-0.2, -0.15) is 0 Å². The Bertz CT molecular complexity index is 826. The van der Waals surface area contributed by atoms with Crippen molar-refractivity contribution in [2.75, 3.05) is 0 Å². The fourth-order valence-electron chi connectivity index (χ4n) is 4.32.